The van der Waals surface area contributed by atoms with E-state index in [0.29, 0.717) is 6.54 Å². The fraction of sp³-hybridized carbons (Fsp3) is 0.818. The van der Waals surface area contributed by atoms with Crippen LogP contribution in [-0.2, 0) is 14.3 Å². The molecule has 0 aliphatic heterocycles. The Labute approximate surface area is 97.4 Å². The number of esters is 1. The maximum absolute atomic E-state index is 10.9. The molecule has 0 rings (SSSR count). The molecule has 0 unspecified atom stereocenters. The van der Waals surface area contributed by atoms with Crippen molar-refractivity contribution >= 4 is 11.9 Å². The quantitative estimate of drug-likeness (QED) is 0.702. The topological polar surface area (TPSA) is 66.8 Å². The summed E-state index contributed by atoms with van der Waals surface area (Å²) < 4.78 is 4.59. The normalized spacial score (nSPS) is 9.31. The molecule has 0 aliphatic rings. The van der Waals surface area contributed by atoms with E-state index < -0.39 is 5.97 Å². The molecule has 0 saturated heterocycles. The minimum atomic E-state index is -0.833. The number of carbonyl (C=O) groups excluding carboxylic acids is 1. The summed E-state index contributed by atoms with van der Waals surface area (Å²) in [5.74, 6) is -0.975. The number of hydrogen-bond acceptors (Lipinski definition) is 4. The predicted octanol–water partition coefficient (Wildman–Crippen LogP) is 1.37. The second-order valence-electron chi connectivity index (χ2n) is 3.37. The molecule has 96 valence electrons. The number of ether oxygens (including phenoxy) is 1. The second-order valence-corrected chi connectivity index (χ2v) is 3.37. The third-order valence-corrected chi connectivity index (χ3v) is 1.66. The SMILES string of the molecule is CC(=O)O.CCCN(CCC)CC(=O)OC. The molecule has 0 saturated carbocycles. The van der Waals surface area contributed by atoms with Crippen molar-refractivity contribution in [3.05, 3.63) is 0 Å². The molecule has 0 aromatic carbocycles. The van der Waals surface area contributed by atoms with Crippen LogP contribution in [0, 0.1) is 0 Å². The third kappa shape index (κ3) is 15.4. The summed E-state index contributed by atoms with van der Waals surface area (Å²) in [6.45, 7) is 7.68. The molecule has 0 aromatic heterocycles. The Morgan fingerprint density at radius 2 is 1.56 bits per heavy atom. The van der Waals surface area contributed by atoms with Gasteiger partial charge in [-0.15, -0.1) is 0 Å². The number of rotatable bonds is 6. The average Bonchev–Trinajstić information content (AvgIpc) is 2.17. The number of aliphatic carboxylic acids is 1. The molecule has 0 radical (unpaired) electrons. The summed E-state index contributed by atoms with van der Waals surface area (Å²) in [7, 11) is 1.43. The van der Waals surface area contributed by atoms with Crippen molar-refractivity contribution in [1.82, 2.24) is 4.90 Å². The molecule has 0 heterocycles. The molecule has 0 bridgehead atoms. The van der Waals surface area contributed by atoms with E-state index in [1.54, 1.807) is 0 Å². The Morgan fingerprint density at radius 1 is 1.19 bits per heavy atom. The number of methoxy groups -OCH3 is 1. The van der Waals surface area contributed by atoms with E-state index in [9.17, 15) is 4.79 Å². The van der Waals surface area contributed by atoms with Gasteiger partial charge in [-0.05, 0) is 25.9 Å². The lowest BCUT2D eigenvalue weighted by molar-refractivity contribution is -0.142. The Hall–Kier alpha value is -1.10. The van der Waals surface area contributed by atoms with Crippen molar-refractivity contribution in [1.29, 1.82) is 0 Å². The molecule has 5 heteroatoms. The van der Waals surface area contributed by atoms with E-state index >= 15 is 0 Å². The first-order valence-electron chi connectivity index (χ1n) is 5.46. The zero-order valence-electron chi connectivity index (χ0n) is 10.7. The van der Waals surface area contributed by atoms with E-state index in [1.165, 1.54) is 7.11 Å². The summed E-state index contributed by atoms with van der Waals surface area (Å²) >= 11 is 0. The van der Waals surface area contributed by atoms with Crippen molar-refractivity contribution in [3.63, 3.8) is 0 Å². The summed E-state index contributed by atoms with van der Waals surface area (Å²) in [4.78, 5) is 22.0. The van der Waals surface area contributed by atoms with Crippen LogP contribution in [0.2, 0.25) is 0 Å². The van der Waals surface area contributed by atoms with Gasteiger partial charge in [0.05, 0.1) is 13.7 Å². The summed E-state index contributed by atoms with van der Waals surface area (Å²) in [6, 6.07) is 0. The van der Waals surface area contributed by atoms with E-state index in [2.05, 4.69) is 23.5 Å². The van der Waals surface area contributed by atoms with Gasteiger partial charge in [-0.3, -0.25) is 14.5 Å². The lowest BCUT2D eigenvalue weighted by Crippen LogP contribution is -2.31. The molecule has 1 N–H and O–H groups in total. The molecule has 0 fully saturated rings. The zero-order valence-corrected chi connectivity index (χ0v) is 10.7. The van der Waals surface area contributed by atoms with Gasteiger partial charge in [0, 0.05) is 6.92 Å². The summed E-state index contributed by atoms with van der Waals surface area (Å²) in [5, 5.41) is 7.42. The van der Waals surface area contributed by atoms with Gasteiger partial charge >= 0.3 is 5.97 Å². The fourth-order valence-electron chi connectivity index (χ4n) is 1.15. The van der Waals surface area contributed by atoms with Crippen molar-refractivity contribution in [2.45, 2.75) is 33.6 Å². The highest BCUT2D eigenvalue weighted by molar-refractivity contribution is 5.71. The predicted molar refractivity (Wildman–Crippen MR) is 62.3 cm³/mol. The third-order valence-electron chi connectivity index (χ3n) is 1.66. The highest BCUT2D eigenvalue weighted by Gasteiger charge is 2.07. The molecule has 0 aliphatic carbocycles. The smallest absolute Gasteiger partial charge is 0.319 e. The van der Waals surface area contributed by atoms with Gasteiger partial charge in [-0.2, -0.15) is 0 Å². The highest BCUT2D eigenvalue weighted by atomic mass is 16.5. The molecular weight excluding hydrogens is 210 g/mol. The van der Waals surface area contributed by atoms with Gasteiger partial charge in [0.1, 0.15) is 0 Å². The first-order valence-corrected chi connectivity index (χ1v) is 5.46. The number of hydrogen-bond donors (Lipinski definition) is 1. The van der Waals surface area contributed by atoms with Gasteiger partial charge in [0.25, 0.3) is 5.97 Å². The van der Waals surface area contributed by atoms with Crippen molar-refractivity contribution < 1.29 is 19.4 Å². The van der Waals surface area contributed by atoms with E-state index in [4.69, 9.17) is 9.90 Å². The van der Waals surface area contributed by atoms with Crippen LogP contribution >= 0.6 is 0 Å². The van der Waals surface area contributed by atoms with Crippen LogP contribution in [0.5, 0.6) is 0 Å². The Morgan fingerprint density at radius 3 is 1.81 bits per heavy atom. The number of nitrogens with zero attached hydrogens (tertiary/aromatic N) is 1. The minimum Gasteiger partial charge on any atom is -0.481 e. The van der Waals surface area contributed by atoms with Crippen molar-refractivity contribution in [3.8, 4) is 0 Å². The molecule has 0 aromatic rings. The van der Waals surface area contributed by atoms with E-state index in [-0.39, 0.29) is 5.97 Å². The maximum atomic E-state index is 10.9. The van der Waals surface area contributed by atoms with Crippen LogP contribution in [0.1, 0.15) is 33.6 Å². The molecule has 0 amide bonds. The van der Waals surface area contributed by atoms with E-state index in [1.807, 2.05) is 0 Å². The Balaban J connectivity index is 0. The summed E-state index contributed by atoms with van der Waals surface area (Å²) in [5.41, 5.74) is 0. The Bertz CT molecular complexity index is 184. The molecular formula is C11H23NO4. The van der Waals surface area contributed by atoms with Crippen LogP contribution in [-0.4, -0.2) is 48.7 Å². The van der Waals surface area contributed by atoms with Gasteiger partial charge in [-0.25, -0.2) is 0 Å². The van der Waals surface area contributed by atoms with Crippen LogP contribution in [0.15, 0.2) is 0 Å². The lowest BCUT2D eigenvalue weighted by atomic mass is 10.3. The van der Waals surface area contributed by atoms with E-state index in [0.717, 1.165) is 32.9 Å². The first-order chi connectivity index (χ1) is 7.47. The van der Waals surface area contributed by atoms with Crippen LogP contribution in [0.4, 0.5) is 0 Å². The van der Waals surface area contributed by atoms with Crippen LogP contribution in [0.25, 0.3) is 0 Å². The molecule has 16 heavy (non-hydrogen) atoms. The largest absolute Gasteiger partial charge is 0.481 e. The molecule has 5 nitrogen and oxygen atoms in total. The summed E-state index contributed by atoms with van der Waals surface area (Å²) in [6.07, 6.45) is 2.16. The van der Waals surface area contributed by atoms with Crippen molar-refractivity contribution in [2.75, 3.05) is 26.7 Å². The van der Waals surface area contributed by atoms with Crippen LogP contribution in [0.3, 0.4) is 0 Å². The van der Waals surface area contributed by atoms with Gasteiger partial charge in [0.15, 0.2) is 0 Å². The average molecular weight is 233 g/mol. The second kappa shape index (κ2) is 12.0. The number of carboxylic acid groups (broad SMARTS) is 1. The van der Waals surface area contributed by atoms with Gasteiger partial charge in [0.2, 0.25) is 0 Å². The minimum absolute atomic E-state index is 0.142. The van der Waals surface area contributed by atoms with Crippen molar-refractivity contribution in [2.24, 2.45) is 0 Å². The Kier molecular flexibility index (Phi) is 12.9. The maximum Gasteiger partial charge on any atom is 0.319 e. The number of carboxylic acids is 1. The monoisotopic (exact) mass is 233 g/mol. The highest BCUT2D eigenvalue weighted by Crippen LogP contribution is 1.94. The van der Waals surface area contributed by atoms with Gasteiger partial charge < -0.3 is 9.84 Å². The van der Waals surface area contributed by atoms with Crippen LogP contribution < -0.4 is 0 Å². The lowest BCUT2D eigenvalue weighted by Gasteiger charge is -2.18. The molecule has 0 spiro atoms. The number of carbonyl (C=O) groups is 2. The zero-order chi connectivity index (χ0) is 13.0. The fourth-order valence-corrected chi connectivity index (χ4v) is 1.15. The molecule has 0 atom stereocenters. The first kappa shape index (κ1) is 17.3. The standard InChI is InChI=1S/C9H19NO2.C2H4O2/c1-4-6-10(7-5-2)8-9(11)12-3;1-2(3)4/h4-8H2,1-3H3;1H3,(H,3,4). The van der Waals surface area contributed by atoms with Gasteiger partial charge in [-0.1, -0.05) is 13.8 Å².